The van der Waals surface area contributed by atoms with Crippen LogP contribution in [0.2, 0.25) is 0 Å². The summed E-state index contributed by atoms with van der Waals surface area (Å²) in [6.45, 7) is 1.99. The minimum atomic E-state index is -0.273. The van der Waals surface area contributed by atoms with Crippen LogP contribution in [0.25, 0.3) is 0 Å². The molecule has 0 aliphatic rings. The van der Waals surface area contributed by atoms with Gasteiger partial charge in [0.2, 0.25) is 0 Å². The summed E-state index contributed by atoms with van der Waals surface area (Å²) in [6.07, 6.45) is 1.40. The molecular formula is C15H19FN2OS. The van der Waals surface area contributed by atoms with Gasteiger partial charge < -0.3 is 10.1 Å². The molecule has 20 heavy (non-hydrogen) atoms. The van der Waals surface area contributed by atoms with Gasteiger partial charge in [0.1, 0.15) is 0 Å². The number of hydrogen-bond acceptors (Lipinski definition) is 4. The van der Waals surface area contributed by atoms with Crippen molar-refractivity contribution in [2.45, 2.75) is 25.8 Å². The van der Waals surface area contributed by atoms with Crippen molar-refractivity contribution in [2.24, 2.45) is 0 Å². The maximum absolute atomic E-state index is 14.1. The van der Waals surface area contributed by atoms with Crippen LogP contribution in [0, 0.1) is 12.7 Å². The largest absolute Gasteiger partial charge is 0.494 e. The van der Waals surface area contributed by atoms with Crippen molar-refractivity contribution in [3.63, 3.8) is 0 Å². The number of nitrogens with one attached hydrogen (secondary N) is 1. The number of aromatic nitrogens is 1. The second-order valence-electron chi connectivity index (χ2n) is 4.69. The maximum Gasteiger partial charge on any atom is 0.168 e. The van der Waals surface area contributed by atoms with Crippen molar-refractivity contribution in [3.8, 4) is 5.75 Å². The van der Waals surface area contributed by atoms with E-state index >= 15 is 0 Å². The Hall–Kier alpha value is -1.46. The van der Waals surface area contributed by atoms with Gasteiger partial charge in [0.25, 0.3) is 0 Å². The first kappa shape index (κ1) is 14.9. The van der Waals surface area contributed by atoms with Crippen LogP contribution in [0.15, 0.2) is 23.6 Å². The second-order valence-corrected chi connectivity index (χ2v) is 5.75. The molecular weight excluding hydrogens is 275 g/mol. The third kappa shape index (κ3) is 3.55. The predicted molar refractivity (Wildman–Crippen MR) is 80.1 cm³/mol. The zero-order valence-electron chi connectivity index (χ0n) is 11.9. The summed E-state index contributed by atoms with van der Waals surface area (Å²) < 4.78 is 19.2. The van der Waals surface area contributed by atoms with E-state index in [1.165, 1.54) is 7.11 Å². The van der Waals surface area contributed by atoms with E-state index in [2.05, 4.69) is 15.7 Å². The highest BCUT2D eigenvalue weighted by Crippen LogP contribution is 2.22. The number of hydrogen-bond donors (Lipinski definition) is 1. The predicted octanol–water partition coefficient (Wildman–Crippen LogP) is 2.97. The van der Waals surface area contributed by atoms with Gasteiger partial charge in [-0.15, -0.1) is 11.3 Å². The van der Waals surface area contributed by atoms with Crippen LogP contribution < -0.4 is 10.1 Å². The number of nitrogens with zero attached hydrogens (tertiary/aromatic N) is 1. The minimum absolute atomic E-state index is 0.151. The number of thiazole rings is 1. The summed E-state index contributed by atoms with van der Waals surface area (Å²) in [7, 11) is 3.37. The number of rotatable bonds is 6. The van der Waals surface area contributed by atoms with Gasteiger partial charge in [-0.05, 0) is 32.0 Å². The smallest absolute Gasteiger partial charge is 0.168 e. The topological polar surface area (TPSA) is 34.2 Å². The molecule has 1 aromatic carbocycles. The maximum atomic E-state index is 14.1. The Kier molecular flexibility index (Phi) is 5.09. The lowest BCUT2D eigenvalue weighted by Gasteiger charge is -2.16. The molecule has 5 heteroatoms. The van der Waals surface area contributed by atoms with Gasteiger partial charge in [0, 0.05) is 17.8 Å². The van der Waals surface area contributed by atoms with Crippen LogP contribution in [-0.4, -0.2) is 25.2 Å². The first-order valence-electron chi connectivity index (χ1n) is 6.53. The number of halogens is 1. The molecule has 0 aliphatic heterocycles. The van der Waals surface area contributed by atoms with Crippen LogP contribution in [0.3, 0.4) is 0 Å². The molecule has 1 aromatic heterocycles. The van der Waals surface area contributed by atoms with Crippen LogP contribution in [0.4, 0.5) is 4.39 Å². The lowest BCUT2D eigenvalue weighted by molar-refractivity contribution is 0.382. The second kappa shape index (κ2) is 6.81. The normalized spacial score (nSPS) is 12.4. The average molecular weight is 294 g/mol. The molecule has 1 N–H and O–H groups in total. The van der Waals surface area contributed by atoms with E-state index in [0.29, 0.717) is 17.7 Å². The summed E-state index contributed by atoms with van der Waals surface area (Å²) in [6, 6.07) is 5.40. The molecule has 0 aliphatic carbocycles. The fraction of sp³-hybridized carbons (Fsp3) is 0.400. The Bertz CT molecular complexity index is 571. The van der Waals surface area contributed by atoms with Crippen LogP contribution >= 0.6 is 11.3 Å². The van der Waals surface area contributed by atoms with Crippen molar-refractivity contribution < 1.29 is 9.13 Å². The Morgan fingerprint density at radius 3 is 2.80 bits per heavy atom. The quantitative estimate of drug-likeness (QED) is 0.889. The fourth-order valence-corrected chi connectivity index (χ4v) is 2.79. The van der Waals surface area contributed by atoms with Crippen LogP contribution in [0.1, 0.15) is 16.3 Å². The van der Waals surface area contributed by atoms with Gasteiger partial charge in [0.05, 0.1) is 17.8 Å². The third-order valence-corrected chi connectivity index (χ3v) is 4.08. The highest BCUT2D eigenvalue weighted by Gasteiger charge is 2.15. The highest BCUT2D eigenvalue weighted by atomic mass is 32.1. The molecule has 0 saturated carbocycles. The van der Waals surface area contributed by atoms with E-state index in [1.807, 2.05) is 20.0 Å². The molecule has 108 valence electrons. The molecule has 1 atom stereocenters. The summed E-state index contributed by atoms with van der Waals surface area (Å²) in [5, 5.41) is 6.35. The van der Waals surface area contributed by atoms with E-state index in [-0.39, 0.29) is 11.9 Å². The third-order valence-electron chi connectivity index (χ3n) is 3.26. The number of benzene rings is 1. The lowest BCUT2D eigenvalue weighted by atomic mass is 10.0. The molecule has 0 saturated heterocycles. The molecule has 3 nitrogen and oxygen atoms in total. The summed E-state index contributed by atoms with van der Waals surface area (Å²) in [5.41, 5.74) is 1.71. The minimum Gasteiger partial charge on any atom is -0.494 e. The van der Waals surface area contributed by atoms with E-state index in [9.17, 15) is 4.39 Å². The molecule has 2 rings (SSSR count). The molecule has 1 heterocycles. The number of methoxy groups -OCH3 is 1. The zero-order chi connectivity index (χ0) is 14.5. The van der Waals surface area contributed by atoms with Crippen molar-refractivity contribution in [1.29, 1.82) is 0 Å². The van der Waals surface area contributed by atoms with Crippen molar-refractivity contribution in [2.75, 3.05) is 14.2 Å². The first-order chi connectivity index (χ1) is 9.63. The Balaban J connectivity index is 2.10. The van der Waals surface area contributed by atoms with Gasteiger partial charge in [-0.2, -0.15) is 0 Å². The molecule has 0 amide bonds. The van der Waals surface area contributed by atoms with Gasteiger partial charge in [0.15, 0.2) is 11.6 Å². The van der Waals surface area contributed by atoms with Gasteiger partial charge in [-0.1, -0.05) is 12.1 Å². The van der Waals surface area contributed by atoms with E-state index < -0.39 is 0 Å². The summed E-state index contributed by atoms with van der Waals surface area (Å²) >= 11 is 1.64. The molecule has 1 unspecified atom stereocenters. The summed E-state index contributed by atoms with van der Waals surface area (Å²) in [4.78, 5) is 4.46. The molecule has 0 radical (unpaired) electrons. The van der Waals surface area contributed by atoms with E-state index in [4.69, 9.17) is 4.74 Å². The Morgan fingerprint density at radius 1 is 1.40 bits per heavy atom. The Labute approximate surface area is 122 Å². The van der Waals surface area contributed by atoms with Crippen LogP contribution in [-0.2, 0) is 12.8 Å². The number of likely N-dealkylation sites (N-methyl/N-ethyl adjacent to an activating group) is 1. The van der Waals surface area contributed by atoms with Crippen LogP contribution in [0.5, 0.6) is 5.75 Å². The monoisotopic (exact) mass is 294 g/mol. The van der Waals surface area contributed by atoms with E-state index in [1.54, 1.807) is 23.5 Å². The molecule has 0 bridgehead atoms. The van der Waals surface area contributed by atoms with Gasteiger partial charge in [-0.25, -0.2) is 9.37 Å². The lowest BCUT2D eigenvalue weighted by Crippen LogP contribution is -2.30. The van der Waals surface area contributed by atoms with Gasteiger partial charge in [-0.3, -0.25) is 0 Å². The Morgan fingerprint density at radius 2 is 2.20 bits per heavy atom. The number of ether oxygens (including phenoxy) is 1. The molecule has 0 fully saturated rings. The van der Waals surface area contributed by atoms with Crippen molar-refractivity contribution in [1.82, 2.24) is 10.3 Å². The number of aryl methyl sites for hydroxylation is 1. The highest BCUT2D eigenvalue weighted by molar-refractivity contribution is 7.09. The van der Waals surface area contributed by atoms with Crippen molar-refractivity contribution in [3.05, 3.63) is 45.7 Å². The average Bonchev–Trinajstić information content (AvgIpc) is 2.85. The SMILES string of the molecule is CNC(Cc1csc(C)n1)Cc1cccc(OC)c1F. The van der Waals surface area contributed by atoms with E-state index in [0.717, 1.165) is 17.1 Å². The first-order valence-corrected chi connectivity index (χ1v) is 7.41. The summed E-state index contributed by atoms with van der Waals surface area (Å²) in [5.74, 6) is 0.0200. The fourth-order valence-electron chi connectivity index (χ4n) is 2.17. The zero-order valence-corrected chi connectivity index (χ0v) is 12.8. The standard InChI is InChI=1S/C15H19FN2OS/c1-10-18-13(9-20-10)8-12(17-2)7-11-5-4-6-14(19-3)15(11)16/h4-6,9,12,17H,7-8H2,1-3H3. The van der Waals surface area contributed by atoms with Crippen molar-refractivity contribution >= 4 is 11.3 Å². The van der Waals surface area contributed by atoms with Gasteiger partial charge >= 0.3 is 0 Å². The molecule has 0 spiro atoms. The molecule has 2 aromatic rings.